The zero-order valence-corrected chi connectivity index (χ0v) is 9.34. The van der Waals surface area contributed by atoms with Gasteiger partial charge in [-0.2, -0.15) is 0 Å². The summed E-state index contributed by atoms with van der Waals surface area (Å²) >= 11 is 0. The number of benzene rings is 1. The maximum Gasteiger partial charge on any atom is 0.175 e. The minimum Gasteiger partial charge on any atom is -0.397 e. The molecule has 0 radical (unpaired) electrons. The summed E-state index contributed by atoms with van der Waals surface area (Å²) in [6.07, 6.45) is 1.15. The average molecular weight is 229 g/mol. The highest BCUT2D eigenvalue weighted by atomic mass is 32.2. The molecule has 0 atom stereocenters. The Morgan fingerprint density at radius 2 is 2.07 bits per heavy atom. The largest absolute Gasteiger partial charge is 0.397 e. The Morgan fingerprint density at radius 1 is 1.40 bits per heavy atom. The molecule has 5 N–H and O–H groups in total. The van der Waals surface area contributed by atoms with E-state index in [1.54, 1.807) is 6.07 Å². The average Bonchev–Trinajstić information content (AvgIpc) is 2.14. The first-order valence-corrected chi connectivity index (χ1v) is 6.38. The molecule has 1 aromatic rings. The Balaban J connectivity index is 2.99. The molecule has 0 heterocycles. The third-order valence-electron chi connectivity index (χ3n) is 1.91. The van der Waals surface area contributed by atoms with Crippen molar-refractivity contribution in [2.45, 2.75) is 4.90 Å². The summed E-state index contributed by atoms with van der Waals surface area (Å²) in [5, 5.41) is 3.00. The van der Waals surface area contributed by atoms with E-state index >= 15 is 0 Å². The summed E-state index contributed by atoms with van der Waals surface area (Å²) in [6, 6.07) is 4.60. The second kappa shape index (κ2) is 4.50. The fraction of sp³-hybridized carbons (Fsp3) is 0.333. The van der Waals surface area contributed by atoms with Crippen LogP contribution in [0.2, 0.25) is 0 Å². The van der Waals surface area contributed by atoms with Gasteiger partial charge in [0.15, 0.2) is 9.84 Å². The quantitative estimate of drug-likeness (QED) is 0.633. The van der Waals surface area contributed by atoms with Gasteiger partial charge in [-0.3, -0.25) is 0 Å². The molecule has 5 nitrogen and oxygen atoms in total. The summed E-state index contributed by atoms with van der Waals surface area (Å²) in [4.78, 5) is 0.221. The highest BCUT2D eigenvalue weighted by Gasteiger charge is 2.08. The first-order chi connectivity index (χ1) is 6.95. The Kier molecular flexibility index (Phi) is 3.54. The minimum absolute atomic E-state index is 0.221. The molecule has 0 aromatic heterocycles. The first-order valence-electron chi connectivity index (χ1n) is 4.48. The lowest BCUT2D eigenvalue weighted by atomic mass is 10.2. The van der Waals surface area contributed by atoms with Gasteiger partial charge in [0.25, 0.3) is 0 Å². The molecule has 0 bridgehead atoms. The van der Waals surface area contributed by atoms with Crippen molar-refractivity contribution in [3.05, 3.63) is 18.2 Å². The van der Waals surface area contributed by atoms with Crippen molar-refractivity contribution < 1.29 is 8.42 Å². The van der Waals surface area contributed by atoms with Crippen LogP contribution in [0.1, 0.15) is 0 Å². The maximum atomic E-state index is 11.2. The number of hydrogen-bond acceptors (Lipinski definition) is 5. The molecule has 0 aliphatic heterocycles. The van der Waals surface area contributed by atoms with Crippen LogP contribution in [-0.4, -0.2) is 27.8 Å². The number of anilines is 2. The monoisotopic (exact) mass is 229 g/mol. The summed E-state index contributed by atoms with van der Waals surface area (Å²) in [5.74, 6) is 0. The molecule has 0 unspecified atom stereocenters. The molecular formula is C9H15N3O2S. The molecule has 84 valence electrons. The molecule has 1 aromatic carbocycles. The second-order valence-corrected chi connectivity index (χ2v) is 5.25. The van der Waals surface area contributed by atoms with Crippen molar-refractivity contribution in [1.82, 2.24) is 0 Å². The van der Waals surface area contributed by atoms with Gasteiger partial charge in [-0.25, -0.2) is 8.42 Å². The van der Waals surface area contributed by atoms with Crippen molar-refractivity contribution in [3.63, 3.8) is 0 Å². The van der Waals surface area contributed by atoms with Crippen molar-refractivity contribution in [3.8, 4) is 0 Å². The van der Waals surface area contributed by atoms with Crippen LogP contribution in [0.3, 0.4) is 0 Å². The van der Waals surface area contributed by atoms with Gasteiger partial charge in [-0.05, 0) is 18.2 Å². The minimum atomic E-state index is -3.20. The van der Waals surface area contributed by atoms with Crippen LogP contribution in [0, 0.1) is 0 Å². The SMILES string of the molecule is CS(=O)(=O)c1ccc(NCCN)c(N)c1. The molecule has 0 spiro atoms. The standard InChI is InChI=1S/C9H15N3O2S/c1-15(13,14)7-2-3-9(8(11)6-7)12-5-4-10/h2-3,6,12H,4-5,10-11H2,1H3. The predicted molar refractivity (Wildman–Crippen MR) is 61.5 cm³/mol. The van der Waals surface area contributed by atoms with Crippen molar-refractivity contribution >= 4 is 21.2 Å². The van der Waals surface area contributed by atoms with E-state index in [9.17, 15) is 8.42 Å². The van der Waals surface area contributed by atoms with Gasteiger partial charge < -0.3 is 16.8 Å². The van der Waals surface area contributed by atoms with Crippen LogP contribution in [-0.2, 0) is 9.84 Å². The molecule has 0 saturated carbocycles. The van der Waals surface area contributed by atoms with Gasteiger partial charge in [-0.1, -0.05) is 0 Å². The third-order valence-corrected chi connectivity index (χ3v) is 3.02. The highest BCUT2D eigenvalue weighted by Crippen LogP contribution is 2.22. The number of sulfone groups is 1. The van der Waals surface area contributed by atoms with E-state index in [2.05, 4.69) is 5.32 Å². The van der Waals surface area contributed by atoms with Crippen molar-refractivity contribution in [2.75, 3.05) is 30.4 Å². The lowest BCUT2D eigenvalue weighted by Crippen LogP contribution is -2.14. The fourth-order valence-corrected chi connectivity index (χ4v) is 1.80. The summed E-state index contributed by atoms with van der Waals surface area (Å²) in [7, 11) is -3.20. The van der Waals surface area contributed by atoms with E-state index in [4.69, 9.17) is 11.5 Å². The number of rotatable bonds is 4. The maximum absolute atomic E-state index is 11.2. The van der Waals surface area contributed by atoms with E-state index in [0.717, 1.165) is 6.26 Å². The van der Waals surface area contributed by atoms with Gasteiger partial charge in [0, 0.05) is 19.3 Å². The Bertz CT molecular complexity index is 443. The normalized spacial score (nSPS) is 11.3. The van der Waals surface area contributed by atoms with Gasteiger partial charge in [0.05, 0.1) is 16.3 Å². The summed E-state index contributed by atoms with van der Waals surface area (Å²) in [6.45, 7) is 1.09. The number of hydrogen-bond donors (Lipinski definition) is 3. The summed E-state index contributed by atoms with van der Waals surface area (Å²) < 4.78 is 22.4. The Hall–Kier alpha value is -1.27. The lowest BCUT2D eigenvalue weighted by Gasteiger charge is -2.09. The molecular weight excluding hydrogens is 214 g/mol. The highest BCUT2D eigenvalue weighted by molar-refractivity contribution is 7.90. The molecule has 1 rings (SSSR count). The smallest absolute Gasteiger partial charge is 0.175 e. The van der Waals surface area contributed by atoms with Crippen LogP contribution in [0.25, 0.3) is 0 Å². The number of nitrogens with two attached hydrogens (primary N) is 2. The predicted octanol–water partition coefficient (Wildman–Crippen LogP) is 0.0429. The number of nitrogens with one attached hydrogen (secondary N) is 1. The first kappa shape index (κ1) is 11.8. The molecule has 0 aliphatic rings. The van der Waals surface area contributed by atoms with Crippen LogP contribution >= 0.6 is 0 Å². The van der Waals surface area contributed by atoms with Crippen molar-refractivity contribution in [1.29, 1.82) is 0 Å². The van der Waals surface area contributed by atoms with E-state index in [-0.39, 0.29) is 4.90 Å². The lowest BCUT2D eigenvalue weighted by molar-refractivity contribution is 0.602. The van der Waals surface area contributed by atoms with Crippen LogP contribution in [0.15, 0.2) is 23.1 Å². The molecule has 0 amide bonds. The van der Waals surface area contributed by atoms with Crippen LogP contribution in [0.4, 0.5) is 11.4 Å². The van der Waals surface area contributed by atoms with Crippen LogP contribution < -0.4 is 16.8 Å². The van der Waals surface area contributed by atoms with Gasteiger partial charge in [0.1, 0.15) is 0 Å². The van der Waals surface area contributed by atoms with E-state index in [1.807, 2.05) is 0 Å². The van der Waals surface area contributed by atoms with Crippen LogP contribution in [0.5, 0.6) is 0 Å². The molecule has 6 heteroatoms. The topological polar surface area (TPSA) is 98.2 Å². The molecule has 0 saturated heterocycles. The Labute approximate surface area is 89.4 Å². The van der Waals surface area contributed by atoms with Gasteiger partial charge in [0.2, 0.25) is 0 Å². The summed E-state index contributed by atoms with van der Waals surface area (Å²) in [5.41, 5.74) is 12.1. The fourth-order valence-electron chi connectivity index (χ4n) is 1.14. The van der Waals surface area contributed by atoms with Gasteiger partial charge in [-0.15, -0.1) is 0 Å². The molecule has 0 fully saturated rings. The van der Waals surface area contributed by atoms with Gasteiger partial charge >= 0.3 is 0 Å². The Morgan fingerprint density at radius 3 is 2.53 bits per heavy atom. The second-order valence-electron chi connectivity index (χ2n) is 3.24. The van der Waals surface area contributed by atoms with Crippen molar-refractivity contribution in [2.24, 2.45) is 5.73 Å². The molecule has 0 aliphatic carbocycles. The van der Waals surface area contributed by atoms with E-state index in [0.29, 0.717) is 24.5 Å². The van der Waals surface area contributed by atoms with E-state index < -0.39 is 9.84 Å². The zero-order valence-electron chi connectivity index (χ0n) is 8.53. The zero-order chi connectivity index (χ0) is 11.5. The number of nitrogen functional groups attached to an aromatic ring is 1. The van der Waals surface area contributed by atoms with E-state index in [1.165, 1.54) is 12.1 Å². The third kappa shape index (κ3) is 3.10. The molecule has 15 heavy (non-hydrogen) atoms.